The van der Waals surface area contributed by atoms with Gasteiger partial charge in [0.15, 0.2) is 79.9 Å². The molecule has 22 heterocycles. The molecular formula is C62H66F7N29O25P6S9. The van der Waals surface area contributed by atoms with Gasteiger partial charge < -0.3 is 100 Å². The molecule has 10 aliphatic heterocycles. The van der Waals surface area contributed by atoms with E-state index in [1.165, 1.54) is 69.7 Å². The Bertz CT molecular complexity index is 7070. The minimum Gasteiger partial charge on any atom is -0.397 e. The summed E-state index contributed by atoms with van der Waals surface area (Å²) in [6.45, 7) is -30.5. The highest BCUT2D eigenvalue weighted by molar-refractivity contribution is 8.44. The van der Waals surface area contributed by atoms with Crippen molar-refractivity contribution in [2.75, 3.05) is 80.7 Å². The number of aromatic amines is 3. The predicted molar refractivity (Wildman–Crippen MR) is 489 cm³/mol. The lowest BCUT2D eigenvalue weighted by Gasteiger charge is -2.33. The second kappa shape index (κ2) is 36.4. The lowest BCUT2D eigenvalue weighted by molar-refractivity contribution is -0.182. The zero-order valence-corrected chi connectivity index (χ0v) is 81.0. The van der Waals surface area contributed by atoms with Crippen LogP contribution in [0.5, 0.6) is 0 Å². The molecular weight excluding hydrogens is 2160 g/mol. The highest BCUT2D eigenvalue weighted by Crippen LogP contribution is 2.66. The van der Waals surface area contributed by atoms with Gasteiger partial charge in [-0.15, -0.1) is 45.5 Å². The number of thiol groups is 1. The standard InChI is InChI=1S/C22H24FN9O9P2S3.2C20H21F3N10O8P2S3/c23-10-9-3-37-42(34,44)41-15-14-19(31-6-27-11-8(24)1-2-26-16(11)31)39-22(15,4-36-14)5-38-43(35,45)40-13(10)20(46-9)32-7-28-12-17(32)29-21(25)30-18(12)33;2*21-9-8-4-38-43(36,45)41-13-7(39-18(20(13,22)23)33-14-10(30-31-33)6(24)1-2-26-14)3-37-42(35,44)40-12(9)17(46-8)32-5-27-11-15(32)28-19(25)29-16(11)34/h1-2,6-7,9-10,13-15,19-20H,3-5H2,(H2,24,26)(H,34,44)(H,35,45)(H3,25,29,30,33);2*1-2,5,7-9,12-13,17-18H,3-4H2,(H2,24,26)(H,35,44)(H,36,45)(H3,25,28,29,34)/t9-,10+,13-,14-,15+,19-,20-,22-,42?,43?;2*7-,8-,9+,12-,13-,17-,18-,42?,43?/m111/s1. The molecule has 10 aliphatic rings. The van der Waals surface area contributed by atoms with Crippen LogP contribution in [-0.4, -0.2) is 290 Å². The molecule has 10 saturated heterocycles. The molecule has 0 aliphatic carbocycles. The number of anilines is 6. The molecule has 8 bridgehead atoms. The van der Waals surface area contributed by atoms with Crippen LogP contribution in [0, 0.1) is 0 Å². The fourth-order valence-corrected chi connectivity index (χ4v) is 30.0. The van der Waals surface area contributed by atoms with E-state index in [2.05, 4.69) is 97.7 Å². The van der Waals surface area contributed by atoms with Crippen molar-refractivity contribution in [2.24, 2.45) is 0 Å². The Balaban J connectivity index is 0.000000128. The number of halogens is 7. The summed E-state index contributed by atoms with van der Waals surface area (Å²) in [7, 11) is 0. The average Bonchev–Trinajstić information content (AvgIpc) is 1.55. The molecule has 0 aromatic carbocycles. The zero-order chi connectivity index (χ0) is 97.7. The first-order valence-electron chi connectivity index (χ1n) is 39.5. The quantitative estimate of drug-likeness (QED) is 0.0646. The fraction of sp³-hybridized carbons (Fsp3) is 0.500. The van der Waals surface area contributed by atoms with Crippen LogP contribution in [0.2, 0.25) is 0 Å². The largest absolute Gasteiger partial charge is 0.397 e. The van der Waals surface area contributed by atoms with Gasteiger partial charge in [0.1, 0.15) is 88.5 Å². The molecule has 0 saturated carbocycles. The molecule has 138 heavy (non-hydrogen) atoms. The number of nitrogens with zero attached hydrogens (tertiary/aromatic N) is 20. The van der Waals surface area contributed by atoms with Crippen LogP contribution in [-0.2, 0) is 137 Å². The maximum Gasteiger partial charge on any atom is 0.386 e. The SMILES string of the molecule is Nc1nc2c(ncn2[C@@H]2S[C@@H]3COP(O)(=S)O[C@@H]4[C@@H](COP(O)(=S)O[C@@H]2[C@H]3F)O[C@@H](n2nnc3c(N)ccnc32)C4(F)F)c(=O)[nH]1.Nc1nc2c(ncn2[C@@H]2S[C@@H]3COP(O)(=S)O[C@@H]4[C@@H](COP(O)(=S)O[C@@H]2[C@H]3F)O[C@@H](n2nnc3c(N)ccnc32)C4(F)F)c(=O)[nH]1.Nc1nc2c(ncn2[C@@H]2S[C@@H]3COP(O)(=S)O[C@H]4[C@H]5OC[C@]4(COP(=O)(S)O[C@@H]2[C@H]3F)O[C@H]5n2cnc3c(N)ccnc32)c(=O)[nH]1. The van der Waals surface area contributed by atoms with Crippen molar-refractivity contribution < 1.29 is 133 Å². The van der Waals surface area contributed by atoms with Crippen molar-refractivity contribution in [1.29, 1.82) is 0 Å². The molecule has 54 nitrogen and oxygen atoms in total. The van der Waals surface area contributed by atoms with E-state index in [1.54, 1.807) is 10.6 Å². The molecule has 10 fully saturated rings. The Morgan fingerprint density at radius 3 is 1.19 bits per heavy atom. The van der Waals surface area contributed by atoms with Crippen LogP contribution in [0.25, 0.3) is 67.0 Å². The summed E-state index contributed by atoms with van der Waals surface area (Å²) >= 11 is 32.6. The molecule has 0 spiro atoms. The number of nitrogen functional groups attached to an aromatic ring is 6. The molecule has 0 radical (unpaired) electrons. The van der Waals surface area contributed by atoms with E-state index < -0.39 is 238 Å². The normalized spacial score (nSPS) is 37.7. The molecule has 12 aromatic rings. The third-order valence-corrected chi connectivity index (χ3v) is 36.5. The number of thioether (sulfide) groups is 3. The van der Waals surface area contributed by atoms with Gasteiger partial charge in [0, 0.05) is 18.6 Å². The second-order valence-electron chi connectivity index (χ2n) is 31.4. The van der Waals surface area contributed by atoms with Gasteiger partial charge in [-0.3, -0.25) is 79.3 Å². The van der Waals surface area contributed by atoms with Gasteiger partial charge >= 0.3 is 52.2 Å². The van der Waals surface area contributed by atoms with E-state index >= 15 is 30.7 Å². The van der Waals surface area contributed by atoms with Gasteiger partial charge in [0.2, 0.25) is 30.3 Å². The lowest BCUT2D eigenvalue weighted by atomic mass is 10.0. The number of imidazole rings is 4. The fourth-order valence-electron chi connectivity index (χ4n) is 16.4. The number of nitrogens with one attached hydrogen (secondary N) is 3. The smallest absolute Gasteiger partial charge is 0.386 e. The summed E-state index contributed by atoms with van der Waals surface area (Å²) in [5.74, 6) is -8.67. The maximum absolute atomic E-state index is 16.1. The summed E-state index contributed by atoms with van der Waals surface area (Å²) in [5.41, 5.74) is 32.4. The van der Waals surface area contributed by atoms with Crippen LogP contribution in [0.1, 0.15) is 34.8 Å². The van der Waals surface area contributed by atoms with Crippen LogP contribution in [0.3, 0.4) is 0 Å². The molecule has 20 N–H and O–H groups in total. The van der Waals surface area contributed by atoms with Crippen LogP contribution in [0.15, 0.2) is 76.5 Å². The number of H-pyrrole nitrogens is 3. The maximum atomic E-state index is 16.1. The molecule has 6 unspecified atom stereocenters. The number of nitrogens with two attached hydrogens (primary N) is 6. The van der Waals surface area contributed by atoms with Crippen molar-refractivity contribution >= 4 is 249 Å². The third-order valence-electron chi connectivity index (χ3n) is 22.6. The first kappa shape index (κ1) is 98.5. The van der Waals surface area contributed by atoms with E-state index in [-0.39, 0.29) is 91.6 Å². The summed E-state index contributed by atoms with van der Waals surface area (Å²) in [6.07, 6.45) is -16.8. The summed E-state index contributed by atoms with van der Waals surface area (Å²) in [5, 5.41) is 8.44. The summed E-state index contributed by atoms with van der Waals surface area (Å²) in [6, 6.07) is 4.40. The minimum absolute atomic E-state index is 0.0209. The Morgan fingerprint density at radius 2 is 0.783 bits per heavy atom. The number of aromatic nitrogens is 23. The molecule has 22 rings (SSSR count). The van der Waals surface area contributed by atoms with Gasteiger partial charge in [-0.2, -0.15) is 41.9 Å². The van der Waals surface area contributed by atoms with E-state index in [4.69, 9.17) is 167 Å². The number of hydrogen-bond acceptors (Lipinski definition) is 48. The molecule has 742 valence electrons. The molecule has 0 amide bonds. The average molecular weight is 2220 g/mol. The number of hydrogen-bond donors (Lipinski definition) is 15. The lowest BCUT2D eigenvalue weighted by Crippen LogP contribution is -2.45. The third kappa shape index (κ3) is 18.2. The zero-order valence-electron chi connectivity index (χ0n) is 68.2. The monoisotopic (exact) mass is 2220 g/mol. The van der Waals surface area contributed by atoms with Crippen molar-refractivity contribution in [2.45, 2.75) is 141 Å². The first-order valence-corrected chi connectivity index (χ1v) is 58.0. The van der Waals surface area contributed by atoms with Crippen molar-refractivity contribution in [1.82, 2.24) is 113 Å². The molecule has 76 heteroatoms. The Morgan fingerprint density at radius 1 is 0.435 bits per heavy atom. The minimum atomic E-state index is -4.54. The second-order valence-corrected chi connectivity index (χ2v) is 52.3. The predicted octanol–water partition coefficient (Wildman–Crippen LogP) is 3.14. The van der Waals surface area contributed by atoms with Crippen LogP contribution in [0.4, 0.5) is 65.6 Å². The summed E-state index contributed by atoms with van der Waals surface area (Å²) in [4.78, 5) is 140. The molecule has 28 atom stereocenters. The van der Waals surface area contributed by atoms with E-state index in [1.807, 2.05) is 0 Å². The first-order chi connectivity index (χ1) is 65.1. The number of alkyl halides is 7. The summed E-state index contributed by atoms with van der Waals surface area (Å²) < 4.78 is 223. The van der Waals surface area contributed by atoms with E-state index in [0.717, 1.165) is 35.3 Å². The van der Waals surface area contributed by atoms with Gasteiger partial charge in [-0.25, -0.2) is 52.6 Å². The topological polar surface area (TPSA) is 731 Å². The molecule has 12 aromatic heterocycles. The Labute approximate surface area is 804 Å². The van der Waals surface area contributed by atoms with Crippen LogP contribution < -0.4 is 51.1 Å². The Kier molecular flexibility index (Phi) is 26.0. The van der Waals surface area contributed by atoms with Gasteiger partial charge in [0.25, 0.3) is 16.7 Å². The van der Waals surface area contributed by atoms with Crippen LogP contribution >= 0.6 is 87.9 Å². The van der Waals surface area contributed by atoms with Gasteiger partial charge in [-0.05, 0) is 77.2 Å². The number of ether oxygens (including phenoxy) is 4. The van der Waals surface area contributed by atoms with Crippen molar-refractivity contribution in [3.8, 4) is 0 Å². The Hall–Kier alpha value is -6.88. The number of fused-ring (bicyclic) bond motifs is 14. The van der Waals surface area contributed by atoms with E-state index in [0.29, 0.717) is 26.2 Å². The number of rotatable bonds is 6. The van der Waals surface area contributed by atoms with Gasteiger partial charge in [-0.1, -0.05) is 22.7 Å². The highest BCUT2D eigenvalue weighted by Gasteiger charge is 2.69. The van der Waals surface area contributed by atoms with Crippen molar-refractivity contribution in [3.63, 3.8) is 0 Å². The van der Waals surface area contributed by atoms with Gasteiger partial charge in [0.05, 0.1) is 104 Å². The highest BCUT2D eigenvalue weighted by atomic mass is 32.7. The van der Waals surface area contributed by atoms with E-state index in [9.17, 15) is 43.4 Å². The van der Waals surface area contributed by atoms with Crippen molar-refractivity contribution in [3.05, 3.63) is 93.2 Å². The number of pyridine rings is 3.